The normalized spacial score (nSPS) is 10.3. The van der Waals surface area contributed by atoms with Crippen LogP contribution in [0.15, 0.2) is 60.7 Å². The van der Waals surface area contributed by atoms with E-state index in [1.165, 1.54) is 0 Å². The monoisotopic (exact) mass is 363 g/mol. The highest BCUT2D eigenvalue weighted by molar-refractivity contribution is 5.95. The number of rotatable bonds is 4. The zero-order chi connectivity index (χ0) is 19.2. The molecule has 0 spiro atoms. The maximum absolute atomic E-state index is 12.0. The SMILES string of the molecule is Cc1nn(-c2ccccc2)c(C)c1CNC(=O)NNC(=O)c1ccccc1. The highest BCUT2D eigenvalue weighted by Gasteiger charge is 2.14. The fourth-order valence-corrected chi connectivity index (χ4v) is 2.74. The van der Waals surface area contributed by atoms with Gasteiger partial charge in [0.1, 0.15) is 0 Å². The summed E-state index contributed by atoms with van der Waals surface area (Å²) in [6.07, 6.45) is 0. The molecule has 0 bridgehead atoms. The fourth-order valence-electron chi connectivity index (χ4n) is 2.74. The molecule has 0 atom stereocenters. The Kier molecular flexibility index (Phi) is 5.51. The lowest BCUT2D eigenvalue weighted by Gasteiger charge is -2.09. The topological polar surface area (TPSA) is 88.1 Å². The zero-order valence-corrected chi connectivity index (χ0v) is 15.2. The van der Waals surface area contributed by atoms with E-state index in [9.17, 15) is 9.59 Å². The maximum Gasteiger partial charge on any atom is 0.333 e. The summed E-state index contributed by atoms with van der Waals surface area (Å²) < 4.78 is 1.85. The molecular weight excluding hydrogens is 342 g/mol. The molecule has 0 saturated heterocycles. The molecule has 0 unspecified atom stereocenters. The number of amides is 3. The Balaban J connectivity index is 1.58. The van der Waals surface area contributed by atoms with Crippen LogP contribution in [0, 0.1) is 13.8 Å². The van der Waals surface area contributed by atoms with Crippen molar-refractivity contribution in [3.8, 4) is 5.69 Å². The Hall–Kier alpha value is -3.61. The van der Waals surface area contributed by atoms with Crippen molar-refractivity contribution < 1.29 is 9.59 Å². The summed E-state index contributed by atoms with van der Waals surface area (Å²) in [6.45, 7) is 4.16. The first-order valence-electron chi connectivity index (χ1n) is 8.56. The first kappa shape index (κ1) is 18.2. The first-order chi connectivity index (χ1) is 13.1. The van der Waals surface area contributed by atoms with Crippen molar-refractivity contribution in [2.75, 3.05) is 0 Å². The van der Waals surface area contributed by atoms with Gasteiger partial charge in [-0.25, -0.2) is 14.9 Å². The Bertz CT molecular complexity index is 936. The van der Waals surface area contributed by atoms with E-state index >= 15 is 0 Å². The molecule has 0 radical (unpaired) electrons. The summed E-state index contributed by atoms with van der Waals surface area (Å²) in [6, 6.07) is 18.0. The Morgan fingerprint density at radius 3 is 2.22 bits per heavy atom. The predicted molar refractivity (Wildman–Crippen MR) is 102 cm³/mol. The summed E-state index contributed by atoms with van der Waals surface area (Å²) in [4.78, 5) is 23.9. The molecule has 0 aliphatic heterocycles. The third-order valence-corrected chi connectivity index (χ3v) is 4.19. The van der Waals surface area contributed by atoms with Crippen molar-refractivity contribution in [1.29, 1.82) is 0 Å². The number of aromatic nitrogens is 2. The molecule has 138 valence electrons. The number of aryl methyl sites for hydroxylation is 1. The molecular formula is C20H21N5O2. The van der Waals surface area contributed by atoms with Gasteiger partial charge < -0.3 is 5.32 Å². The van der Waals surface area contributed by atoms with E-state index in [-0.39, 0.29) is 5.91 Å². The van der Waals surface area contributed by atoms with Gasteiger partial charge in [-0.05, 0) is 38.1 Å². The lowest BCUT2D eigenvalue weighted by molar-refractivity contribution is 0.0936. The minimum atomic E-state index is -0.495. The van der Waals surface area contributed by atoms with Crippen LogP contribution in [0.25, 0.3) is 5.69 Å². The summed E-state index contributed by atoms with van der Waals surface area (Å²) in [5.74, 6) is -0.380. The summed E-state index contributed by atoms with van der Waals surface area (Å²) in [5.41, 5.74) is 8.88. The van der Waals surface area contributed by atoms with Crippen LogP contribution in [-0.2, 0) is 6.54 Å². The molecule has 7 heteroatoms. The molecule has 0 saturated carbocycles. The van der Waals surface area contributed by atoms with Crippen LogP contribution < -0.4 is 16.2 Å². The largest absolute Gasteiger partial charge is 0.333 e. The van der Waals surface area contributed by atoms with E-state index < -0.39 is 6.03 Å². The maximum atomic E-state index is 12.0. The molecule has 3 N–H and O–H groups in total. The van der Waals surface area contributed by atoms with Gasteiger partial charge in [-0.1, -0.05) is 36.4 Å². The summed E-state index contributed by atoms with van der Waals surface area (Å²) >= 11 is 0. The van der Waals surface area contributed by atoms with Crippen molar-refractivity contribution in [2.45, 2.75) is 20.4 Å². The number of carbonyl (C=O) groups excluding carboxylic acids is 2. The molecule has 2 aromatic carbocycles. The fraction of sp³-hybridized carbons (Fsp3) is 0.150. The molecule has 1 aromatic heterocycles. The van der Waals surface area contributed by atoms with Crippen molar-refractivity contribution in [1.82, 2.24) is 25.9 Å². The second-order valence-electron chi connectivity index (χ2n) is 6.02. The smallest absolute Gasteiger partial charge is 0.333 e. The highest BCUT2D eigenvalue weighted by Crippen LogP contribution is 2.17. The minimum Gasteiger partial charge on any atom is -0.333 e. The van der Waals surface area contributed by atoms with Gasteiger partial charge in [0.05, 0.1) is 11.4 Å². The number of carbonyl (C=O) groups is 2. The van der Waals surface area contributed by atoms with Crippen LogP contribution in [0.2, 0.25) is 0 Å². The van der Waals surface area contributed by atoms with Gasteiger partial charge in [0.2, 0.25) is 0 Å². The lowest BCUT2D eigenvalue weighted by atomic mass is 10.2. The number of hydrogen-bond donors (Lipinski definition) is 3. The molecule has 0 fully saturated rings. The van der Waals surface area contributed by atoms with E-state index in [4.69, 9.17) is 0 Å². The average molecular weight is 363 g/mol. The van der Waals surface area contributed by atoms with Gasteiger partial charge in [0.25, 0.3) is 5.91 Å². The molecule has 1 heterocycles. The minimum absolute atomic E-state index is 0.303. The standard InChI is InChI=1S/C20H21N5O2/c1-14-18(15(2)25(24-14)17-11-7-4-8-12-17)13-21-20(27)23-22-19(26)16-9-5-3-6-10-16/h3-12H,13H2,1-2H3,(H,22,26)(H2,21,23,27). The van der Waals surface area contributed by atoms with Gasteiger partial charge in [0.15, 0.2) is 0 Å². The van der Waals surface area contributed by atoms with E-state index in [1.54, 1.807) is 24.3 Å². The molecule has 27 heavy (non-hydrogen) atoms. The van der Waals surface area contributed by atoms with Crippen molar-refractivity contribution in [3.05, 3.63) is 83.2 Å². The number of nitrogens with one attached hydrogen (secondary N) is 3. The summed E-state index contributed by atoms with van der Waals surface area (Å²) in [7, 11) is 0. The van der Waals surface area contributed by atoms with Gasteiger partial charge in [-0.3, -0.25) is 10.2 Å². The van der Waals surface area contributed by atoms with Crippen molar-refractivity contribution in [2.24, 2.45) is 0 Å². The number of hydrazine groups is 1. The molecule has 0 aliphatic carbocycles. The first-order valence-corrected chi connectivity index (χ1v) is 8.56. The van der Waals surface area contributed by atoms with E-state index in [2.05, 4.69) is 21.3 Å². The highest BCUT2D eigenvalue weighted by atomic mass is 16.2. The van der Waals surface area contributed by atoms with Gasteiger partial charge in [-0.2, -0.15) is 5.10 Å². The lowest BCUT2D eigenvalue weighted by Crippen LogP contribution is -2.46. The van der Waals surface area contributed by atoms with Crippen LogP contribution in [0.1, 0.15) is 27.3 Å². The molecule has 3 rings (SSSR count). The third-order valence-electron chi connectivity index (χ3n) is 4.19. The van der Waals surface area contributed by atoms with Gasteiger partial charge in [0, 0.05) is 23.4 Å². The number of hydrogen-bond acceptors (Lipinski definition) is 3. The number of nitrogens with zero attached hydrogens (tertiary/aromatic N) is 2. The van der Waals surface area contributed by atoms with E-state index in [1.807, 2.05) is 54.9 Å². The van der Waals surface area contributed by atoms with Crippen LogP contribution in [0.3, 0.4) is 0 Å². The number of benzene rings is 2. The van der Waals surface area contributed by atoms with Crippen molar-refractivity contribution >= 4 is 11.9 Å². The zero-order valence-electron chi connectivity index (χ0n) is 15.2. The van der Waals surface area contributed by atoms with Gasteiger partial charge in [-0.15, -0.1) is 0 Å². The predicted octanol–water partition coefficient (Wildman–Crippen LogP) is 2.63. The average Bonchev–Trinajstić information content (AvgIpc) is 2.99. The molecule has 3 amide bonds. The molecule has 7 nitrogen and oxygen atoms in total. The quantitative estimate of drug-likeness (QED) is 0.623. The Morgan fingerprint density at radius 2 is 1.56 bits per heavy atom. The van der Waals surface area contributed by atoms with Gasteiger partial charge >= 0.3 is 6.03 Å². The van der Waals surface area contributed by atoms with Crippen molar-refractivity contribution in [3.63, 3.8) is 0 Å². The van der Waals surface area contributed by atoms with Crippen LogP contribution in [0.4, 0.5) is 4.79 Å². The number of urea groups is 1. The van der Waals surface area contributed by atoms with Crippen LogP contribution in [-0.4, -0.2) is 21.7 Å². The third kappa shape index (κ3) is 4.33. The Morgan fingerprint density at radius 1 is 0.926 bits per heavy atom. The second kappa shape index (κ2) is 8.18. The summed E-state index contributed by atoms with van der Waals surface area (Å²) in [5, 5.41) is 7.28. The van der Waals surface area contributed by atoms with E-state index in [0.29, 0.717) is 12.1 Å². The number of para-hydroxylation sites is 1. The van der Waals surface area contributed by atoms with Crippen LogP contribution in [0.5, 0.6) is 0 Å². The van der Waals surface area contributed by atoms with E-state index in [0.717, 1.165) is 22.6 Å². The molecule has 3 aromatic rings. The second-order valence-corrected chi connectivity index (χ2v) is 6.02. The Labute approximate surface area is 157 Å². The molecule has 0 aliphatic rings. The van der Waals surface area contributed by atoms with Crippen LogP contribution >= 0.6 is 0 Å².